The molecule has 6 atom stereocenters. The summed E-state index contributed by atoms with van der Waals surface area (Å²) in [4.78, 5) is 25.2. The zero-order valence-electron chi connectivity index (χ0n) is 32.4. The van der Waals surface area contributed by atoms with Crippen molar-refractivity contribution in [2.45, 2.75) is 218 Å². The van der Waals surface area contributed by atoms with Crippen LogP contribution in [0.5, 0.6) is 0 Å². The lowest BCUT2D eigenvalue weighted by Crippen LogP contribution is -2.60. The molecular weight excluding hydrogens is 692 g/mol. The van der Waals surface area contributed by atoms with Crippen molar-refractivity contribution in [2.24, 2.45) is 0 Å². The fraction of sp³-hybridized carbons (Fsp3) is 0.949. The van der Waals surface area contributed by atoms with Crippen LogP contribution in [0.2, 0.25) is 0 Å². The molecule has 0 saturated carbocycles. The molecular formula is C39H74O12S. The zero-order valence-corrected chi connectivity index (χ0v) is 33.2. The number of esters is 2. The summed E-state index contributed by atoms with van der Waals surface area (Å²) in [6, 6.07) is 0. The third kappa shape index (κ3) is 25.6. The molecule has 1 fully saturated rings. The fourth-order valence-corrected chi connectivity index (χ4v) is 7.13. The molecule has 0 aromatic rings. The van der Waals surface area contributed by atoms with Crippen LogP contribution >= 0.6 is 0 Å². The molecule has 1 saturated heterocycles. The van der Waals surface area contributed by atoms with E-state index >= 15 is 0 Å². The molecule has 0 aliphatic carbocycles. The van der Waals surface area contributed by atoms with Crippen molar-refractivity contribution < 1.29 is 56.8 Å². The summed E-state index contributed by atoms with van der Waals surface area (Å²) >= 11 is 0. The Hall–Kier alpha value is -1.35. The highest BCUT2D eigenvalue weighted by molar-refractivity contribution is 7.85. The maximum absolute atomic E-state index is 12.7. The Bertz CT molecular complexity index is 994. The molecule has 1 aliphatic heterocycles. The molecule has 0 spiro atoms. The van der Waals surface area contributed by atoms with E-state index in [1.165, 1.54) is 103 Å². The number of hydrogen-bond acceptors (Lipinski definition) is 11. The molecule has 2 unspecified atom stereocenters. The lowest BCUT2D eigenvalue weighted by atomic mass is 10.00. The van der Waals surface area contributed by atoms with E-state index in [2.05, 4.69) is 13.8 Å². The first-order valence-electron chi connectivity index (χ1n) is 20.6. The van der Waals surface area contributed by atoms with E-state index in [4.69, 9.17) is 18.9 Å². The lowest BCUT2D eigenvalue weighted by molar-refractivity contribution is -0.297. The molecule has 1 heterocycles. The number of carbonyl (C=O) groups excluding carboxylic acids is 2. The van der Waals surface area contributed by atoms with E-state index in [0.29, 0.717) is 12.8 Å². The minimum atomic E-state index is -4.59. The molecule has 1 aliphatic rings. The number of aliphatic hydroxyl groups excluding tert-OH is 3. The number of ether oxygens (including phenoxy) is 4. The van der Waals surface area contributed by atoms with Gasteiger partial charge in [0.15, 0.2) is 12.4 Å². The van der Waals surface area contributed by atoms with Gasteiger partial charge in [0.25, 0.3) is 10.1 Å². The number of carbonyl (C=O) groups is 2. The molecule has 1 rings (SSSR count). The Morgan fingerprint density at radius 2 is 0.981 bits per heavy atom. The Morgan fingerprint density at radius 3 is 1.40 bits per heavy atom. The van der Waals surface area contributed by atoms with Crippen LogP contribution in [0.1, 0.15) is 181 Å². The van der Waals surface area contributed by atoms with Crippen LogP contribution in [0.4, 0.5) is 0 Å². The predicted molar refractivity (Wildman–Crippen MR) is 201 cm³/mol. The molecule has 12 nitrogen and oxygen atoms in total. The van der Waals surface area contributed by atoms with Gasteiger partial charge in [0.05, 0.1) is 6.61 Å². The quantitative estimate of drug-likeness (QED) is 0.0291. The van der Waals surface area contributed by atoms with Gasteiger partial charge in [-0.15, -0.1) is 0 Å². The topological polar surface area (TPSA) is 186 Å². The van der Waals surface area contributed by atoms with Crippen LogP contribution in [-0.2, 0) is 38.7 Å². The van der Waals surface area contributed by atoms with E-state index in [9.17, 15) is 37.9 Å². The van der Waals surface area contributed by atoms with Crippen LogP contribution in [0.3, 0.4) is 0 Å². The Balaban J connectivity index is 2.49. The molecule has 52 heavy (non-hydrogen) atoms. The third-order valence-electron chi connectivity index (χ3n) is 9.69. The Morgan fingerprint density at radius 1 is 0.577 bits per heavy atom. The molecule has 0 aromatic carbocycles. The SMILES string of the molecule is CCCCCCCCCCCCCCC(=O)OC[C@H](CO[C@H]1O[C@H](CS(=O)(=O)O)[C@@H](O)C(O)C1O)OC(=O)CCCCCCCCCCCCCC. The van der Waals surface area contributed by atoms with Crippen LogP contribution in [0, 0.1) is 0 Å². The molecule has 0 aromatic heterocycles. The van der Waals surface area contributed by atoms with Crippen molar-refractivity contribution in [3.63, 3.8) is 0 Å². The summed E-state index contributed by atoms with van der Waals surface area (Å²) in [5.41, 5.74) is 0. The first-order chi connectivity index (χ1) is 25.0. The molecule has 0 amide bonds. The van der Waals surface area contributed by atoms with E-state index in [1.807, 2.05) is 0 Å². The highest BCUT2D eigenvalue weighted by Crippen LogP contribution is 2.24. The lowest BCUT2D eigenvalue weighted by Gasteiger charge is -2.40. The summed E-state index contributed by atoms with van der Waals surface area (Å²) in [5.74, 6) is -1.97. The molecule has 308 valence electrons. The number of rotatable bonds is 34. The maximum atomic E-state index is 12.7. The second-order valence-electron chi connectivity index (χ2n) is 14.7. The van der Waals surface area contributed by atoms with E-state index < -0.39 is 71.2 Å². The van der Waals surface area contributed by atoms with E-state index in [0.717, 1.165) is 38.5 Å². The van der Waals surface area contributed by atoms with E-state index in [1.54, 1.807) is 0 Å². The normalized spacial score (nSPS) is 21.2. The van der Waals surface area contributed by atoms with Crippen molar-refractivity contribution in [3.05, 3.63) is 0 Å². The second kappa shape index (κ2) is 30.9. The van der Waals surface area contributed by atoms with Gasteiger partial charge in [0, 0.05) is 12.8 Å². The standard InChI is InChI=1S/C39H74O12S/c1-3-5-7-9-11-13-15-17-19-21-23-25-27-34(40)48-29-32(30-49-39-38(44)37(43)36(42)33(51-39)31-52(45,46)47)50-35(41)28-26-24-22-20-18-16-14-12-10-8-6-4-2/h32-33,36-39,42-44H,3-31H2,1-2H3,(H,45,46,47)/t32-,33-,36-,37?,38?,39+/m1/s1. The highest BCUT2D eigenvalue weighted by atomic mass is 32.2. The molecule has 13 heteroatoms. The molecule has 4 N–H and O–H groups in total. The van der Waals surface area contributed by atoms with Crippen molar-refractivity contribution in [1.29, 1.82) is 0 Å². The van der Waals surface area contributed by atoms with Gasteiger partial charge in [0.1, 0.15) is 36.8 Å². The summed E-state index contributed by atoms with van der Waals surface area (Å²) in [7, 11) is -4.59. The third-order valence-corrected chi connectivity index (χ3v) is 10.4. The minimum Gasteiger partial charge on any atom is -0.462 e. The van der Waals surface area contributed by atoms with E-state index in [-0.39, 0.29) is 19.4 Å². The number of aliphatic hydroxyl groups is 3. The Labute approximate surface area is 314 Å². The zero-order chi connectivity index (χ0) is 38.5. The first kappa shape index (κ1) is 48.7. The van der Waals surface area contributed by atoms with Crippen LogP contribution in [-0.4, -0.2) is 96.0 Å². The van der Waals surface area contributed by atoms with Gasteiger partial charge in [-0.1, -0.05) is 155 Å². The largest absolute Gasteiger partial charge is 0.462 e. The minimum absolute atomic E-state index is 0.171. The first-order valence-corrected chi connectivity index (χ1v) is 22.2. The van der Waals surface area contributed by atoms with Crippen molar-refractivity contribution in [2.75, 3.05) is 19.0 Å². The Kier molecular flexibility index (Phi) is 28.9. The monoisotopic (exact) mass is 766 g/mol. The van der Waals surface area contributed by atoms with Gasteiger partial charge < -0.3 is 34.3 Å². The van der Waals surface area contributed by atoms with Gasteiger partial charge in [-0.05, 0) is 12.8 Å². The smallest absolute Gasteiger partial charge is 0.306 e. The number of hydrogen-bond donors (Lipinski definition) is 4. The van der Waals surface area contributed by atoms with Crippen LogP contribution in [0.25, 0.3) is 0 Å². The van der Waals surface area contributed by atoms with Gasteiger partial charge in [-0.25, -0.2) is 0 Å². The van der Waals surface area contributed by atoms with Gasteiger partial charge in [-0.2, -0.15) is 8.42 Å². The molecule has 0 radical (unpaired) electrons. The molecule has 0 bridgehead atoms. The van der Waals surface area contributed by atoms with Crippen LogP contribution < -0.4 is 0 Å². The summed E-state index contributed by atoms with van der Waals surface area (Å²) in [6.07, 6.45) is 18.7. The maximum Gasteiger partial charge on any atom is 0.306 e. The van der Waals surface area contributed by atoms with Crippen LogP contribution in [0.15, 0.2) is 0 Å². The van der Waals surface area contributed by atoms with Gasteiger partial charge >= 0.3 is 11.9 Å². The average molecular weight is 767 g/mol. The predicted octanol–water partition coefficient (Wildman–Crippen LogP) is 7.34. The van der Waals surface area contributed by atoms with Crippen molar-refractivity contribution in [3.8, 4) is 0 Å². The highest BCUT2D eigenvalue weighted by Gasteiger charge is 2.46. The average Bonchev–Trinajstić information content (AvgIpc) is 3.10. The van der Waals surface area contributed by atoms with Gasteiger partial charge in [-0.3, -0.25) is 14.1 Å². The fourth-order valence-electron chi connectivity index (χ4n) is 6.44. The summed E-state index contributed by atoms with van der Waals surface area (Å²) in [6.45, 7) is 3.74. The summed E-state index contributed by atoms with van der Waals surface area (Å²) < 4.78 is 53.9. The number of unbranched alkanes of at least 4 members (excludes halogenated alkanes) is 22. The van der Waals surface area contributed by atoms with Crippen molar-refractivity contribution >= 4 is 22.1 Å². The second-order valence-corrected chi connectivity index (χ2v) is 16.2. The summed E-state index contributed by atoms with van der Waals surface area (Å²) in [5, 5.41) is 30.8. The van der Waals surface area contributed by atoms with Gasteiger partial charge in [0.2, 0.25) is 0 Å². The van der Waals surface area contributed by atoms with Crippen molar-refractivity contribution in [1.82, 2.24) is 0 Å².